The molecule has 1 amide bonds. The molecule has 204 valence electrons. The van der Waals surface area contributed by atoms with Gasteiger partial charge in [0.2, 0.25) is 5.91 Å². The van der Waals surface area contributed by atoms with E-state index in [-0.39, 0.29) is 29.0 Å². The maximum atomic E-state index is 13.6. The fraction of sp³-hybridized carbons (Fsp3) is 0.333. The predicted octanol–water partition coefficient (Wildman–Crippen LogP) is 4.08. The van der Waals surface area contributed by atoms with Crippen LogP contribution >= 0.6 is 11.6 Å². The monoisotopic (exact) mass is 555 g/mol. The Balaban J connectivity index is 1.40. The molecule has 0 bridgehead atoms. The van der Waals surface area contributed by atoms with Crippen molar-refractivity contribution in [3.63, 3.8) is 0 Å². The van der Waals surface area contributed by atoms with E-state index >= 15 is 0 Å². The van der Waals surface area contributed by atoms with Crippen molar-refractivity contribution in [2.45, 2.75) is 25.5 Å². The number of anilines is 3. The first kappa shape index (κ1) is 26.8. The summed E-state index contributed by atoms with van der Waals surface area (Å²) in [6, 6.07) is 7.35. The second-order valence-corrected chi connectivity index (χ2v) is 9.58. The van der Waals surface area contributed by atoms with Crippen LogP contribution in [0.15, 0.2) is 48.8 Å². The highest BCUT2D eigenvalue weighted by Crippen LogP contribution is 2.35. The highest BCUT2D eigenvalue weighted by Gasteiger charge is 2.26. The fourth-order valence-corrected chi connectivity index (χ4v) is 4.50. The van der Waals surface area contributed by atoms with Gasteiger partial charge in [0.1, 0.15) is 42.5 Å². The minimum atomic E-state index is -0.528. The third kappa shape index (κ3) is 6.44. The minimum Gasteiger partial charge on any atom is -0.486 e. The Morgan fingerprint density at radius 2 is 2.15 bits per heavy atom. The highest BCUT2D eigenvalue weighted by atomic mass is 35.5. The number of amides is 1. The van der Waals surface area contributed by atoms with Gasteiger partial charge in [0.25, 0.3) is 0 Å². The van der Waals surface area contributed by atoms with Gasteiger partial charge in [-0.2, -0.15) is 0 Å². The normalized spacial score (nSPS) is 19.8. The number of halogens is 2. The SMILES string of the molecule is C[C@H]1C(=O)OCCN1C/C=C/C(=O)Nc1cc2c(Nc3ccc(F)c(Cl)c3)ncnc2cc1O[C@H]1CCOC1. The average molecular weight is 556 g/mol. The van der Waals surface area contributed by atoms with Gasteiger partial charge in [0.15, 0.2) is 0 Å². The van der Waals surface area contributed by atoms with Crippen molar-refractivity contribution in [1.82, 2.24) is 14.9 Å². The Bertz CT molecular complexity index is 1410. The molecule has 0 radical (unpaired) electrons. The number of hydrogen-bond acceptors (Lipinski definition) is 9. The molecule has 3 aromatic rings. The molecular formula is C27H27ClFN5O5. The number of carbonyl (C=O) groups is 2. The molecule has 0 aliphatic carbocycles. The van der Waals surface area contributed by atoms with Crippen molar-refractivity contribution < 1.29 is 28.2 Å². The Morgan fingerprint density at radius 1 is 1.28 bits per heavy atom. The van der Waals surface area contributed by atoms with Gasteiger partial charge >= 0.3 is 5.97 Å². The van der Waals surface area contributed by atoms with E-state index in [4.69, 9.17) is 25.8 Å². The summed E-state index contributed by atoms with van der Waals surface area (Å²) in [5, 5.41) is 6.60. The second kappa shape index (κ2) is 11.9. The molecule has 0 unspecified atom stereocenters. The average Bonchev–Trinajstić information content (AvgIpc) is 3.42. The third-order valence-corrected chi connectivity index (χ3v) is 6.77. The lowest BCUT2D eigenvalue weighted by molar-refractivity contribution is -0.155. The number of esters is 1. The van der Waals surface area contributed by atoms with E-state index in [1.165, 1.54) is 24.5 Å². The van der Waals surface area contributed by atoms with Crippen LogP contribution in [0.1, 0.15) is 13.3 Å². The molecule has 1 aromatic heterocycles. The van der Waals surface area contributed by atoms with Gasteiger partial charge in [-0.15, -0.1) is 0 Å². The topological polar surface area (TPSA) is 115 Å². The van der Waals surface area contributed by atoms with Crippen LogP contribution in [0, 0.1) is 5.82 Å². The van der Waals surface area contributed by atoms with Crippen molar-refractivity contribution in [1.29, 1.82) is 0 Å². The zero-order valence-corrected chi connectivity index (χ0v) is 21.9. The van der Waals surface area contributed by atoms with Crippen LogP contribution in [0.25, 0.3) is 10.9 Å². The number of morpholine rings is 1. The Morgan fingerprint density at radius 3 is 2.95 bits per heavy atom. The van der Waals surface area contributed by atoms with Crippen molar-refractivity contribution in [3.8, 4) is 5.75 Å². The number of benzene rings is 2. The molecule has 2 aliphatic heterocycles. The summed E-state index contributed by atoms with van der Waals surface area (Å²) < 4.78 is 30.3. The number of cyclic esters (lactones) is 1. The smallest absolute Gasteiger partial charge is 0.323 e. The first-order valence-electron chi connectivity index (χ1n) is 12.5. The molecule has 39 heavy (non-hydrogen) atoms. The largest absolute Gasteiger partial charge is 0.486 e. The predicted molar refractivity (Wildman–Crippen MR) is 144 cm³/mol. The molecule has 0 saturated carbocycles. The lowest BCUT2D eigenvalue weighted by Gasteiger charge is -2.30. The summed E-state index contributed by atoms with van der Waals surface area (Å²) in [7, 11) is 0. The summed E-state index contributed by atoms with van der Waals surface area (Å²) in [5.41, 5.74) is 1.54. The van der Waals surface area contributed by atoms with E-state index in [9.17, 15) is 14.0 Å². The quantitative estimate of drug-likeness (QED) is 0.313. The number of nitrogens with one attached hydrogen (secondary N) is 2. The number of rotatable bonds is 8. The number of aromatic nitrogens is 2. The van der Waals surface area contributed by atoms with Gasteiger partial charge in [-0.25, -0.2) is 14.4 Å². The lowest BCUT2D eigenvalue weighted by Crippen LogP contribution is -2.47. The van der Waals surface area contributed by atoms with Crippen LogP contribution in [-0.2, 0) is 19.1 Å². The van der Waals surface area contributed by atoms with E-state index in [1.807, 2.05) is 4.90 Å². The highest BCUT2D eigenvalue weighted by molar-refractivity contribution is 6.31. The van der Waals surface area contributed by atoms with Crippen molar-refractivity contribution >= 4 is 51.6 Å². The van der Waals surface area contributed by atoms with E-state index in [0.29, 0.717) is 66.8 Å². The number of ether oxygens (including phenoxy) is 3. The summed E-state index contributed by atoms with van der Waals surface area (Å²) in [5.74, 6) is -0.287. The van der Waals surface area contributed by atoms with Gasteiger partial charge in [0.05, 0.1) is 29.4 Å². The Hall–Kier alpha value is -3.80. The summed E-state index contributed by atoms with van der Waals surface area (Å²) in [6.45, 7) is 4.17. The molecular weight excluding hydrogens is 529 g/mol. The molecule has 3 heterocycles. The number of hydrogen-bond donors (Lipinski definition) is 2. The second-order valence-electron chi connectivity index (χ2n) is 9.18. The Kier molecular flexibility index (Phi) is 8.20. The fourth-order valence-electron chi connectivity index (χ4n) is 4.32. The molecule has 12 heteroatoms. The zero-order chi connectivity index (χ0) is 27.4. The van der Waals surface area contributed by atoms with Gasteiger partial charge in [-0.05, 0) is 31.2 Å². The minimum absolute atomic E-state index is 0.0246. The van der Waals surface area contributed by atoms with Crippen LogP contribution in [0.5, 0.6) is 5.75 Å². The van der Waals surface area contributed by atoms with Crippen LogP contribution in [0.3, 0.4) is 0 Å². The first-order valence-corrected chi connectivity index (χ1v) is 12.9. The van der Waals surface area contributed by atoms with Crippen molar-refractivity contribution in [2.24, 2.45) is 0 Å². The van der Waals surface area contributed by atoms with Crippen LogP contribution < -0.4 is 15.4 Å². The molecule has 2 aliphatic rings. The van der Waals surface area contributed by atoms with E-state index < -0.39 is 5.82 Å². The summed E-state index contributed by atoms with van der Waals surface area (Å²) >= 11 is 5.93. The first-order chi connectivity index (χ1) is 18.9. The molecule has 2 atom stereocenters. The zero-order valence-electron chi connectivity index (χ0n) is 21.2. The Labute approximate surface area is 229 Å². The molecule has 2 aromatic carbocycles. The van der Waals surface area contributed by atoms with Gasteiger partial charge in [-0.3, -0.25) is 14.5 Å². The van der Waals surface area contributed by atoms with Gasteiger partial charge < -0.3 is 24.8 Å². The van der Waals surface area contributed by atoms with Crippen molar-refractivity contribution in [3.05, 3.63) is 59.7 Å². The molecule has 2 saturated heterocycles. The molecule has 0 spiro atoms. The number of fused-ring (bicyclic) bond motifs is 1. The van der Waals surface area contributed by atoms with Crippen LogP contribution in [0.2, 0.25) is 5.02 Å². The number of nitrogens with zero attached hydrogens (tertiary/aromatic N) is 3. The number of carbonyl (C=O) groups excluding carboxylic acids is 2. The van der Waals surface area contributed by atoms with Crippen molar-refractivity contribution in [2.75, 3.05) is 43.5 Å². The summed E-state index contributed by atoms with van der Waals surface area (Å²) in [4.78, 5) is 35.3. The van der Waals surface area contributed by atoms with Gasteiger partial charge in [-0.1, -0.05) is 17.7 Å². The maximum Gasteiger partial charge on any atom is 0.323 e. The van der Waals surface area contributed by atoms with Crippen LogP contribution in [-0.4, -0.2) is 71.8 Å². The van der Waals surface area contributed by atoms with Gasteiger partial charge in [0, 0.05) is 42.7 Å². The molecule has 2 N–H and O–H groups in total. The standard InChI is InChI=1S/C27H27ClFN5O5/c1-16-27(36)38-10-8-34(16)7-2-3-25(35)33-23-12-19-22(13-24(23)39-18-6-9-37-14-18)30-15-31-26(19)32-17-4-5-21(29)20(28)11-17/h2-5,11-13,15-16,18H,6-10,14H2,1H3,(H,33,35)(H,30,31,32)/b3-2+/t16-,18-/m0/s1. The third-order valence-electron chi connectivity index (χ3n) is 6.48. The van der Waals surface area contributed by atoms with E-state index in [1.54, 1.807) is 31.2 Å². The molecule has 10 nitrogen and oxygen atoms in total. The maximum absolute atomic E-state index is 13.6. The van der Waals surface area contributed by atoms with E-state index in [0.717, 1.165) is 6.42 Å². The van der Waals surface area contributed by atoms with Crippen LogP contribution in [0.4, 0.5) is 21.6 Å². The molecule has 2 fully saturated rings. The summed E-state index contributed by atoms with van der Waals surface area (Å²) in [6.07, 6.45) is 5.08. The lowest BCUT2D eigenvalue weighted by atomic mass is 10.1. The molecule has 5 rings (SSSR count). The van der Waals surface area contributed by atoms with E-state index in [2.05, 4.69) is 20.6 Å².